The number of nitrogens with two attached hydrogens (primary N) is 1. The van der Waals surface area contributed by atoms with Crippen LogP contribution in [0.1, 0.15) is 23.2 Å². The van der Waals surface area contributed by atoms with Crippen molar-refractivity contribution in [2.24, 2.45) is 5.73 Å². The quantitative estimate of drug-likeness (QED) is 0.682. The summed E-state index contributed by atoms with van der Waals surface area (Å²) in [4.78, 5) is 25.8. The van der Waals surface area contributed by atoms with Gasteiger partial charge in [0.1, 0.15) is 11.4 Å². The topological polar surface area (TPSA) is 110 Å². The maximum absolute atomic E-state index is 15.0. The van der Waals surface area contributed by atoms with Gasteiger partial charge in [-0.3, -0.25) is 9.47 Å². The number of methoxy groups -OCH3 is 1. The monoisotopic (exact) mass is 410 g/mol. The van der Waals surface area contributed by atoms with E-state index in [0.717, 1.165) is 18.9 Å². The number of carbonyl (C=O) groups is 1. The van der Waals surface area contributed by atoms with Crippen LogP contribution in [0.3, 0.4) is 0 Å². The number of ether oxygens (including phenoxy) is 1. The van der Waals surface area contributed by atoms with Gasteiger partial charge in [0.2, 0.25) is 5.43 Å². The van der Waals surface area contributed by atoms with E-state index < -0.39 is 22.8 Å². The number of nitrogens with zero attached hydrogens (tertiary/aromatic N) is 2. The minimum Gasteiger partial charge on any atom is -0.477 e. The Morgan fingerprint density at radius 3 is 2.71 bits per heavy atom. The average Bonchev–Trinajstić information content (AvgIpc) is 3.37. The van der Waals surface area contributed by atoms with Gasteiger partial charge in [-0.15, -0.1) is 0 Å². The third-order valence-corrected chi connectivity index (χ3v) is 5.57. The number of anilines is 1. The van der Waals surface area contributed by atoms with E-state index in [1.165, 1.54) is 18.0 Å². The van der Waals surface area contributed by atoms with Crippen LogP contribution in [0.25, 0.3) is 10.9 Å². The highest BCUT2D eigenvalue weighted by Gasteiger charge is 2.34. The summed E-state index contributed by atoms with van der Waals surface area (Å²) in [5.41, 5.74) is 8.31. The zero-order valence-electron chi connectivity index (χ0n) is 15.1. The summed E-state index contributed by atoms with van der Waals surface area (Å²) in [6, 6.07) is 0.884. The Morgan fingerprint density at radius 1 is 1.43 bits per heavy atom. The highest BCUT2D eigenvalue weighted by atomic mass is 35.5. The lowest BCUT2D eigenvalue weighted by Crippen LogP contribution is -2.34. The first-order valence-electron chi connectivity index (χ1n) is 8.92. The molecule has 2 fully saturated rings. The summed E-state index contributed by atoms with van der Waals surface area (Å²) < 4.78 is 21.7. The van der Waals surface area contributed by atoms with Gasteiger partial charge in [-0.25, -0.2) is 9.18 Å². The van der Waals surface area contributed by atoms with Gasteiger partial charge in [0.15, 0.2) is 0 Å². The molecule has 1 aromatic carbocycles. The maximum Gasteiger partial charge on any atom is 0.341 e. The summed E-state index contributed by atoms with van der Waals surface area (Å²) in [6.45, 7) is 0.696. The molecule has 1 aliphatic carbocycles. The second-order valence-electron chi connectivity index (χ2n) is 7.21. The number of hydrogen-bond donors (Lipinski definition) is 3. The van der Waals surface area contributed by atoms with Gasteiger partial charge < -0.3 is 25.9 Å². The third kappa shape index (κ3) is 3.09. The van der Waals surface area contributed by atoms with E-state index >= 15 is 0 Å². The van der Waals surface area contributed by atoms with Gasteiger partial charge in [0, 0.05) is 32.4 Å². The molecule has 4 N–H and O–H groups in total. The first-order chi connectivity index (χ1) is 13.3. The van der Waals surface area contributed by atoms with E-state index in [9.17, 15) is 19.1 Å². The normalized spacial score (nSPS) is 22.1. The van der Waals surface area contributed by atoms with Crippen LogP contribution in [-0.4, -0.2) is 54.1 Å². The van der Waals surface area contributed by atoms with Gasteiger partial charge in [-0.05, 0) is 18.9 Å². The molecule has 2 aliphatic rings. The number of nitrogens with one attached hydrogen (secondary N) is 1. The standard InChI is InChI=1S/C18H20ClFN4O4/c1-28-13-7-23(6-12(13)21)16-11(20)4-9-15(14(16)19)24(22-8-2-3-8)5-10(17(9)25)18(26)27/h4-5,8,12-13,22H,2-3,6-7,21H2,1H3,(H,26,27). The van der Waals surface area contributed by atoms with E-state index in [2.05, 4.69) is 5.43 Å². The number of carboxylic acids is 1. The number of pyridine rings is 1. The van der Waals surface area contributed by atoms with Crippen LogP contribution < -0.4 is 21.5 Å². The molecule has 0 amide bonds. The van der Waals surface area contributed by atoms with Crippen molar-refractivity contribution in [2.75, 3.05) is 30.5 Å². The number of fused-ring (bicyclic) bond motifs is 1. The van der Waals surface area contributed by atoms with Crippen molar-refractivity contribution < 1.29 is 19.0 Å². The minimum atomic E-state index is -1.38. The Balaban J connectivity index is 1.93. The second-order valence-corrected chi connectivity index (χ2v) is 7.59. The van der Waals surface area contributed by atoms with Crippen LogP contribution in [0.4, 0.5) is 10.1 Å². The number of benzene rings is 1. The van der Waals surface area contributed by atoms with E-state index in [1.54, 1.807) is 4.90 Å². The number of hydrogen-bond acceptors (Lipinski definition) is 6. The van der Waals surface area contributed by atoms with Crippen molar-refractivity contribution in [3.8, 4) is 0 Å². The predicted molar refractivity (Wildman–Crippen MR) is 104 cm³/mol. The highest BCUT2D eigenvalue weighted by Crippen LogP contribution is 2.37. The molecule has 4 rings (SSSR count). The predicted octanol–water partition coefficient (Wildman–Crippen LogP) is 1.36. The molecular formula is C18H20ClFN4O4. The van der Waals surface area contributed by atoms with Crippen LogP contribution in [0, 0.1) is 5.82 Å². The van der Waals surface area contributed by atoms with Gasteiger partial charge in [-0.1, -0.05) is 11.6 Å². The molecule has 2 atom stereocenters. The van der Waals surface area contributed by atoms with Crippen LogP contribution in [0.2, 0.25) is 5.02 Å². The Labute approximate surface area is 164 Å². The second kappa shape index (κ2) is 6.91. The molecule has 0 bridgehead atoms. The molecule has 2 heterocycles. The van der Waals surface area contributed by atoms with E-state index in [0.29, 0.717) is 13.1 Å². The van der Waals surface area contributed by atoms with Crippen LogP contribution >= 0.6 is 11.6 Å². The molecule has 0 spiro atoms. The molecule has 8 nitrogen and oxygen atoms in total. The van der Waals surface area contributed by atoms with Gasteiger partial charge in [0.25, 0.3) is 0 Å². The first kappa shape index (κ1) is 19.0. The number of aromatic carboxylic acids is 1. The smallest absolute Gasteiger partial charge is 0.341 e. The summed E-state index contributed by atoms with van der Waals surface area (Å²) >= 11 is 6.57. The molecular weight excluding hydrogens is 391 g/mol. The van der Waals surface area contributed by atoms with Crippen molar-refractivity contribution in [3.05, 3.63) is 38.9 Å². The molecule has 2 unspecified atom stereocenters. The maximum atomic E-state index is 15.0. The summed E-state index contributed by atoms with van der Waals surface area (Å²) in [5.74, 6) is -2.09. The zero-order chi connectivity index (χ0) is 20.2. The van der Waals surface area contributed by atoms with Crippen LogP contribution in [0.5, 0.6) is 0 Å². The lowest BCUT2D eigenvalue weighted by molar-refractivity contribution is 0.0695. The number of carboxylic acid groups (broad SMARTS) is 1. The van der Waals surface area contributed by atoms with Gasteiger partial charge >= 0.3 is 5.97 Å². The third-order valence-electron chi connectivity index (χ3n) is 5.21. The Hall–Kier alpha value is -2.36. The fourth-order valence-corrected chi connectivity index (χ4v) is 3.99. The van der Waals surface area contributed by atoms with E-state index in [4.69, 9.17) is 22.1 Å². The van der Waals surface area contributed by atoms with Crippen molar-refractivity contribution in [3.63, 3.8) is 0 Å². The summed E-state index contributed by atoms with van der Waals surface area (Å²) in [7, 11) is 1.54. The lowest BCUT2D eigenvalue weighted by Gasteiger charge is -2.23. The molecule has 1 aromatic heterocycles. The summed E-state index contributed by atoms with van der Waals surface area (Å²) in [6.07, 6.45) is 2.76. The summed E-state index contributed by atoms with van der Waals surface area (Å²) in [5, 5.41) is 9.28. The van der Waals surface area contributed by atoms with E-state index in [1.807, 2.05) is 0 Å². The average molecular weight is 411 g/mol. The molecule has 28 heavy (non-hydrogen) atoms. The molecule has 1 saturated carbocycles. The van der Waals surface area contributed by atoms with Crippen molar-refractivity contribution in [1.29, 1.82) is 0 Å². The Bertz CT molecular complexity index is 1020. The number of halogens is 2. The molecule has 1 saturated heterocycles. The van der Waals surface area contributed by atoms with Gasteiger partial charge in [0.05, 0.1) is 33.8 Å². The molecule has 1 aliphatic heterocycles. The molecule has 0 radical (unpaired) electrons. The van der Waals surface area contributed by atoms with Gasteiger partial charge in [-0.2, -0.15) is 0 Å². The van der Waals surface area contributed by atoms with Crippen molar-refractivity contribution >= 4 is 34.2 Å². The Morgan fingerprint density at radius 2 is 2.14 bits per heavy atom. The minimum absolute atomic E-state index is 0.0288. The lowest BCUT2D eigenvalue weighted by atomic mass is 10.1. The first-order valence-corrected chi connectivity index (χ1v) is 9.30. The molecule has 2 aromatic rings. The molecule has 150 valence electrons. The Kier molecular flexibility index (Phi) is 4.68. The largest absolute Gasteiger partial charge is 0.477 e. The van der Waals surface area contributed by atoms with Crippen LogP contribution in [-0.2, 0) is 4.74 Å². The SMILES string of the molecule is COC1CN(c2c(F)cc3c(=O)c(C(=O)O)cn(NC4CC4)c3c2Cl)CC1N. The fourth-order valence-electron chi connectivity index (χ4n) is 3.59. The zero-order valence-corrected chi connectivity index (χ0v) is 15.9. The van der Waals surface area contributed by atoms with Crippen molar-refractivity contribution in [2.45, 2.75) is 31.0 Å². The fraction of sp³-hybridized carbons (Fsp3) is 0.444. The number of rotatable bonds is 5. The number of aromatic nitrogens is 1. The highest BCUT2D eigenvalue weighted by molar-refractivity contribution is 6.38. The van der Waals surface area contributed by atoms with Crippen LogP contribution in [0.15, 0.2) is 17.1 Å². The van der Waals surface area contributed by atoms with E-state index in [-0.39, 0.29) is 39.8 Å². The molecule has 10 heteroatoms. The van der Waals surface area contributed by atoms with Crippen molar-refractivity contribution in [1.82, 2.24) is 4.68 Å².